The lowest BCUT2D eigenvalue weighted by Gasteiger charge is -2.40. The standard InChI is InChI=1S/C49H93NO7/c1-3-5-7-9-11-13-15-17-18-19-20-21-22-23-24-26-28-30-32-34-36-38-46(53)50-42(39-40-44-47(54)49(56)48(55)45(41-51)57-44)43(52)37-35-33-31-29-27-25-16-14-12-10-8-6-4-2/h17-18,35,37,42-45,47-49,51-52,54-56H,3-16,19-34,36,38-41H2,1-2H3,(H,50,53)/b18-17+,37-35+/t42?,43?,44-,45+,47-,48-,49+/m1/s1. The third-order valence-electron chi connectivity index (χ3n) is 12.0. The number of carbonyl (C=O) groups is 1. The van der Waals surface area contributed by atoms with Crippen molar-refractivity contribution in [1.29, 1.82) is 0 Å². The summed E-state index contributed by atoms with van der Waals surface area (Å²) in [6.45, 7) is 4.04. The first-order valence-electron chi connectivity index (χ1n) is 24.4. The van der Waals surface area contributed by atoms with Crippen molar-refractivity contribution in [2.24, 2.45) is 0 Å². The number of carbonyl (C=O) groups excluding carboxylic acids is 1. The van der Waals surface area contributed by atoms with E-state index in [0.29, 0.717) is 12.8 Å². The zero-order chi connectivity index (χ0) is 41.6. The molecule has 7 atom stereocenters. The van der Waals surface area contributed by atoms with Gasteiger partial charge in [-0.1, -0.05) is 192 Å². The summed E-state index contributed by atoms with van der Waals surface area (Å²) >= 11 is 0. The molecule has 1 saturated heterocycles. The summed E-state index contributed by atoms with van der Waals surface area (Å²) in [6, 6.07) is -0.579. The van der Waals surface area contributed by atoms with Crippen LogP contribution in [0.15, 0.2) is 24.3 Å². The van der Waals surface area contributed by atoms with Crippen molar-refractivity contribution in [1.82, 2.24) is 5.32 Å². The smallest absolute Gasteiger partial charge is 0.220 e. The first kappa shape index (κ1) is 53.7. The Labute approximate surface area is 351 Å². The number of hydrogen-bond donors (Lipinski definition) is 6. The molecule has 0 spiro atoms. The zero-order valence-electron chi connectivity index (χ0n) is 37.2. The maximum Gasteiger partial charge on any atom is 0.220 e. The fraction of sp³-hybridized carbons (Fsp3) is 0.898. The maximum absolute atomic E-state index is 13.0. The normalized spacial score (nSPS) is 21.1. The molecule has 0 radical (unpaired) electrons. The minimum absolute atomic E-state index is 0.0973. The third kappa shape index (κ3) is 29.6. The van der Waals surface area contributed by atoms with Gasteiger partial charge < -0.3 is 35.6 Å². The lowest BCUT2D eigenvalue weighted by molar-refractivity contribution is -0.230. The number of ether oxygens (including phenoxy) is 1. The number of hydrogen-bond acceptors (Lipinski definition) is 7. The summed E-state index contributed by atoms with van der Waals surface area (Å²) in [6.07, 6.45) is 41.7. The van der Waals surface area contributed by atoms with E-state index in [1.54, 1.807) is 6.08 Å². The Hall–Kier alpha value is -1.29. The summed E-state index contributed by atoms with van der Waals surface area (Å²) in [5.74, 6) is -0.0973. The quantitative estimate of drug-likeness (QED) is 0.0268. The molecule has 0 aromatic heterocycles. The van der Waals surface area contributed by atoms with Gasteiger partial charge in [-0.2, -0.15) is 0 Å². The van der Waals surface area contributed by atoms with Crippen molar-refractivity contribution in [3.63, 3.8) is 0 Å². The average Bonchev–Trinajstić information content (AvgIpc) is 3.21. The molecule has 1 aliphatic rings. The Morgan fingerprint density at radius 3 is 1.37 bits per heavy atom. The molecule has 0 saturated carbocycles. The molecule has 6 N–H and O–H groups in total. The fourth-order valence-electron chi connectivity index (χ4n) is 8.08. The van der Waals surface area contributed by atoms with Crippen molar-refractivity contribution in [2.45, 2.75) is 275 Å². The van der Waals surface area contributed by atoms with Crippen molar-refractivity contribution in [3.8, 4) is 0 Å². The molecule has 0 aromatic rings. The predicted octanol–water partition coefficient (Wildman–Crippen LogP) is 11.1. The highest BCUT2D eigenvalue weighted by molar-refractivity contribution is 5.76. The van der Waals surface area contributed by atoms with E-state index < -0.39 is 49.3 Å². The lowest BCUT2D eigenvalue weighted by Crippen LogP contribution is -2.58. The molecular weight excluding hydrogens is 715 g/mol. The Kier molecular flexibility index (Phi) is 36.7. The highest BCUT2D eigenvalue weighted by Gasteiger charge is 2.43. The molecule has 57 heavy (non-hydrogen) atoms. The summed E-state index contributed by atoms with van der Waals surface area (Å²) in [4.78, 5) is 13.0. The van der Waals surface area contributed by atoms with Crippen LogP contribution in [0.1, 0.15) is 232 Å². The Morgan fingerprint density at radius 2 is 0.930 bits per heavy atom. The van der Waals surface area contributed by atoms with Gasteiger partial charge >= 0.3 is 0 Å². The summed E-state index contributed by atoms with van der Waals surface area (Å²) in [5.41, 5.74) is 0. The molecule has 0 aromatic carbocycles. The molecule has 0 aliphatic carbocycles. The van der Waals surface area contributed by atoms with Crippen molar-refractivity contribution in [2.75, 3.05) is 6.61 Å². The van der Waals surface area contributed by atoms with E-state index in [9.17, 15) is 30.3 Å². The molecule has 336 valence electrons. The van der Waals surface area contributed by atoms with E-state index in [-0.39, 0.29) is 12.3 Å². The first-order chi connectivity index (χ1) is 27.8. The predicted molar refractivity (Wildman–Crippen MR) is 238 cm³/mol. The minimum atomic E-state index is -1.44. The summed E-state index contributed by atoms with van der Waals surface area (Å²) in [5, 5.41) is 54.7. The van der Waals surface area contributed by atoms with Gasteiger partial charge in [0.15, 0.2) is 0 Å². The van der Waals surface area contributed by atoms with Crippen molar-refractivity contribution < 1.29 is 35.1 Å². The van der Waals surface area contributed by atoms with Crippen LogP contribution in [-0.2, 0) is 9.53 Å². The van der Waals surface area contributed by atoms with E-state index >= 15 is 0 Å². The molecule has 1 rings (SSSR count). The van der Waals surface area contributed by atoms with Gasteiger partial charge in [-0.15, -0.1) is 0 Å². The van der Waals surface area contributed by atoms with Gasteiger partial charge in [-0.05, 0) is 57.8 Å². The van der Waals surface area contributed by atoms with Crippen LogP contribution in [-0.4, -0.2) is 80.7 Å². The zero-order valence-corrected chi connectivity index (χ0v) is 37.2. The maximum atomic E-state index is 13.0. The van der Waals surface area contributed by atoms with E-state index in [0.717, 1.165) is 32.1 Å². The Morgan fingerprint density at radius 1 is 0.544 bits per heavy atom. The van der Waals surface area contributed by atoms with Gasteiger partial charge in [0.25, 0.3) is 0 Å². The van der Waals surface area contributed by atoms with Gasteiger partial charge in [-0.25, -0.2) is 0 Å². The van der Waals surface area contributed by atoms with Gasteiger partial charge in [0.05, 0.1) is 24.9 Å². The average molecular weight is 808 g/mol. The van der Waals surface area contributed by atoms with Gasteiger partial charge in [0.1, 0.15) is 24.4 Å². The largest absolute Gasteiger partial charge is 0.394 e. The molecule has 1 aliphatic heterocycles. The Balaban J connectivity index is 2.29. The van der Waals surface area contributed by atoms with Crippen LogP contribution < -0.4 is 5.32 Å². The van der Waals surface area contributed by atoms with Crippen LogP contribution in [0.2, 0.25) is 0 Å². The minimum Gasteiger partial charge on any atom is -0.394 e. The number of rotatable bonds is 40. The summed E-state index contributed by atoms with van der Waals surface area (Å²) < 4.78 is 5.70. The van der Waals surface area contributed by atoms with Crippen LogP contribution in [0.5, 0.6) is 0 Å². The number of amides is 1. The second kappa shape index (κ2) is 38.9. The van der Waals surface area contributed by atoms with E-state index in [1.165, 1.54) is 167 Å². The first-order valence-corrected chi connectivity index (χ1v) is 24.4. The van der Waals surface area contributed by atoms with Crippen molar-refractivity contribution >= 4 is 5.91 Å². The third-order valence-corrected chi connectivity index (χ3v) is 12.0. The fourth-order valence-corrected chi connectivity index (χ4v) is 8.08. The number of aliphatic hydroxyl groups excluding tert-OH is 5. The Bertz CT molecular complexity index is 943. The van der Waals surface area contributed by atoms with Gasteiger partial charge in [0, 0.05) is 6.42 Å². The van der Waals surface area contributed by atoms with Crippen LogP contribution in [0.4, 0.5) is 0 Å². The molecule has 8 heteroatoms. The topological polar surface area (TPSA) is 139 Å². The monoisotopic (exact) mass is 808 g/mol. The number of nitrogens with one attached hydrogen (secondary N) is 1. The number of unbranched alkanes of at least 4 members (excludes halogenated alkanes) is 28. The molecule has 2 unspecified atom stereocenters. The van der Waals surface area contributed by atoms with E-state index in [4.69, 9.17) is 4.74 Å². The second-order valence-corrected chi connectivity index (χ2v) is 17.3. The molecule has 8 nitrogen and oxygen atoms in total. The highest BCUT2D eigenvalue weighted by atomic mass is 16.5. The van der Waals surface area contributed by atoms with E-state index in [1.807, 2.05) is 6.08 Å². The SMILES string of the molecule is CCCCCCCC/C=C/CCCCCCCCCCCCCC(=O)NC(CC[C@H]1O[C@@H](CO)[C@@H](O)[C@@H](O)[C@@H]1O)C(O)/C=C/CCCCCCCCCCCCC. The highest BCUT2D eigenvalue weighted by Crippen LogP contribution is 2.25. The summed E-state index contributed by atoms with van der Waals surface area (Å²) in [7, 11) is 0. The van der Waals surface area contributed by atoms with Crippen LogP contribution in [0, 0.1) is 0 Å². The molecule has 1 amide bonds. The van der Waals surface area contributed by atoms with E-state index in [2.05, 4.69) is 31.3 Å². The second-order valence-electron chi connectivity index (χ2n) is 17.3. The number of aliphatic hydroxyl groups is 5. The van der Waals surface area contributed by atoms with Gasteiger partial charge in [-0.3, -0.25) is 4.79 Å². The molecule has 1 fully saturated rings. The molecule has 0 bridgehead atoms. The van der Waals surface area contributed by atoms with Crippen LogP contribution in [0.3, 0.4) is 0 Å². The molecular formula is C49H93NO7. The van der Waals surface area contributed by atoms with Crippen LogP contribution in [0.25, 0.3) is 0 Å². The van der Waals surface area contributed by atoms with Crippen molar-refractivity contribution in [3.05, 3.63) is 24.3 Å². The number of allylic oxidation sites excluding steroid dienone is 3. The lowest BCUT2D eigenvalue weighted by atomic mass is 9.91. The van der Waals surface area contributed by atoms with Gasteiger partial charge in [0.2, 0.25) is 5.91 Å². The molecule has 1 heterocycles. The van der Waals surface area contributed by atoms with Crippen LogP contribution >= 0.6 is 0 Å².